The maximum atomic E-state index is 4.80. The number of aromatic nitrogens is 4. The van der Waals surface area contributed by atoms with Crippen LogP contribution in [0.25, 0.3) is 17.0 Å². The number of nitrogens with zero attached hydrogens (tertiary/aromatic N) is 6. The Labute approximate surface area is 148 Å². The van der Waals surface area contributed by atoms with Gasteiger partial charge in [0.1, 0.15) is 5.82 Å². The van der Waals surface area contributed by atoms with E-state index in [0.717, 1.165) is 35.9 Å². The fourth-order valence-electron chi connectivity index (χ4n) is 3.65. The highest BCUT2D eigenvalue weighted by atomic mass is 15.4. The van der Waals surface area contributed by atoms with E-state index in [2.05, 4.69) is 34.1 Å². The normalized spacial score (nSPS) is 18.6. The molecule has 3 aromatic rings. The van der Waals surface area contributed by atoms with Gasteiger partial charge in [0.05, 0.1) is 0 Å². The molecular formula is C19H24N6. The van der Waals surface area contributed by atoms with Gasteiger partial charge >= 0.3 is 0 Å². The molecule has 0 saturated carbocycles. The van der Waals surface area contributed by atoms with E-state index in [4.69, 9.17) is 5.10 Å². The number of hydrogen-bond acceptors (Lipinski definition) is 5. The van der Waals surface area contributed by atoms with Crippen LogP contribution in [0, 0.1) is 5.92 Å². The van der Waals surface area contributed by atoms with Gasteiger partial charge in [0.15, 0.2) is 11.5 Å². The molecule has 2 aromatic heterocycles. The highest BCUT2D eigenvalue weighted by Gasteiger charge is 2.20. The summed E-state index contributed by atoms with van der Waals surface area (Å²) in [7, 11) is 4.33. The number of fused-ring (bicyclic) bond motifs is 1. The molecule has 25 heavy (non-hydrogen) atoms. The van der Waals surface area contributed by atoms with Crippen molar-refractivity contribution in [2.24, 2.45) is 5.92 Å². The summed E-state index contributed by atoms with van der Waals surface area (Å²) in [6.45, 7) is 3.39. The Morgan fingerprint density at radius 2 is 1.96 bits per heavy atom. The van der Waals surface area contributed by atoms with Crippen LogP contribution < -0.4 is 4.90 Å². The Morgan fingerprint density at radius 1 is 1.12 bits per heavy atom. The molecule has 6 nitrogen and oxygen atoms in total. The van der Waals surface area contributed by atoms with Crippen LogP contribution in [0.4, 0.5) is 5.82 Å². The van der Waals surface area contributed by atoms with Gasteiger partial charge in [-0.1, -0.05) is 30.3 Å². The average Bonchev–Trinajstić information content (AvgIpc) is 3.05. The van der Waals surface area contributed by atoms with Crippen LogP contribution in [0.3, 0.4) is 0 Å². The van der Waals surface area contributed by atoms with Crippen molar-refractivity contribution < 1.29 is 0 Å². The van der Waals surface area contributed by atoms with Gasteiger partial charge in [0, 0.05) is 25.7 Å². The van der Waals surface area contributed by atoms with Crippen molar-refractivity contribution in [1.29, 1.82) is 0 Å². The summed E-state index contributed by atoms with van der Waals surface area (Å²) in [5.41, 5.74) is 1.80. The van der Waals surface area contributed by atoms with Gasteiger partial charge in [-0.2, -0.15) is 4.52 Å². The summed E-state index contributed by atoms with van der Waals surface area (Å²) in [5, 5.41) is 13.4. The zero-order valence-electron chi connectivity index (χ0n) is 14.8. The Kier molecular flexibility index (Phi) is 4.36. The van der Waals surface area contributed by atoms with Gasteiger partial charge in [0.25, 0.3) is 0 Å². The fraction of sp³-hybridized carbons (Fsp3) is 0.421. The lowest BCUT2D eigenvalue weighted by Gasteiger charge is -2.32. The number of hydrogen-bond donors (Lipinski definition) is 0. The molecule has 3 heterocycles. The van der Waals surface area contributed by atoms with Gasteiger partial charge in [-0.3, -0.25) is 0 Å². The van der Waals surface area contributed by atoms with E-state index in [9.17, 15) is 0 Å². The van der Waals surface area contributed by atoms with Gasteiger partial charge < -0.3 is 9.80 Å². The minimum atomic E-state index is 0.691. The summed E-state index contributed by atoms with van der Waals surface area (Å²) in [4.78, 5) is 4.67. The maximum absolute atomic E-state index is 4.80. The van der Waals surface area contributed by atoms with Crippen molar-refractivity contribution in [2.75, 3.05) is 38.6 Å². The summed E-state index contributed by atoms with van der Waals surface area (Å²) in [6, 6.07) is 14.1. The SMILES string of the molecule is CN1CCCC(CN(C)c2ccc3nnc(-c4ccccc4)n3n2)C1. The lowest BCUT2D eigenvalue weighted by molar-refractivity contribution is 0.213. The van der Waals surface area contributed by atoms with Gasteiger partial charge in [-0.25, -0.2) is 0 Å². The van der Waals surface area contributed by atoms with Gasteiger partial charge in [0.2, 0.25) is 0 Å². The molecule has 0 N–H and O–H groups in total. The second-order valence-electron chi connectivity index (χ2n) is 7.00. The Morgan fingerprint density at radius 3 is 2.76 bits per heavy atom. The second kappa shape index (κ2) is 6.80. The molecule has 0 aliphatic carbocycles. The number of benzene rings is 1. The number of rotatable bonds is 4. The monoisotopic (exact) mass is 336 g/mol. The average molecular weight is 336 g/mol. The summed E-state index contributed by atoms with van der Waals surface area (Å²) >= 11 is 0. The van der Waals surface area contributed by atoms with Crippen LogP contribution in [0.15, 0.2) is 42.5 Å². The van der Waals surface area contributed by atoms with Crippen molar-refractivity contribution in [2.45, 2.75) is 12.8 Å². The lowest BCUT2D eigenvalue weighted by Crippen LogP contribution is -2.38. The molecule has 4 rings (SSSR count). The third-order valence-corrected chi connectivity index (χ3v) is 4.93. The van der Waals surface area contributed by atoms with Crippen LogP contribution >= 0.6 is 0 Å². The molecule has 6 heteroatoms. The van der Waals surface area contributed by atoms with Crippen LogP contribution in [0.2, 0.25) is 0 Å². The van der Waals surface area contributed by atoms with Crippen LogP contribution in [0.5, 0.6) is 0 Å². The molecule has 0 radical (unpaired) electrons. The molecule has 1 aliphatic rings. The molecule has 1 aliphatic heterocycles. The van der Waals surface area contributed by atoms with E-state index < -0.39 is 0 Å². The van der Waals surface area contributed by atoms with E-state index in [-0.39, 0.29) is 0 Å². The van der Waals surface area contributed by atoms with E-state index >= 15 is 0 Å². The third kappa shape index (κ3) is 3.35. The van der Waals surface area contributed by atoms with Crippen LogP contribution in [-0.4, -0.2) is 58.4 Å². The third-order valence-electron chi connectivity index (χ3n) is 4.93. The molecular weight excluding hydrogens is 312 g/mol. The number of anilines is 1. The Balaban J connectivity index is 1.60. The second-order valence-corrected chi connectivity index (χ2v) is 7.00. The lowest BCUT2D eigenvalue weighted by atomic mass is 9.98. The topological polar surface area (TPSA) is 49.6 Å². The molecule has 0 bridgehead atoms. The highest BCUT2D eigenvalue weighted by molar-refractivity contribution is 5.59. The molecule has 130 valence electrons. The first-order chi connectivity index (χ1) is 12.2. The summed E-state index contributed by atoms with van der Waals surface area (Å²) < 4.78 is 1.84. The molecule has 0 spiro atoms. The van der Waals surface area contributed by atoms with Gasteiger partial charge in [-0.15, -0.1) is 15.3 Å². The summed E-state index contributed by atoms with van der Waals surface area (Å²) in [6.07, 6.45) is 2.57. The van der Waals surface area contributed by atoms with Crippen LogP contribution in [0.1, 0.15) is 12.8 Å². The first-order valence-electron chi connectivity index (χ1n) is 8.88. The fourth-order valence-corrected chi connectivity index (χ4v) is 3.65. The molecule has 0 amide bonds. The van der Waals surface area contributed by atoms with E-state index in [1.54, 1.807) is 0 Å². The first kappa shape index (κ1) is 16.0. The minimum absolute atomic E-state index is 0.691. The van der Waals surface area contributed by atoms with Crippen molar-refractivity contribution in [1.82, 2.24) is 24.7 Å². The Bertz CT molecular complexity index is 844. The van der Waals surface area contributed by atoms with Crippen molar-refractivity contribution >= 4 is 11.5 Å². The zero-order valence-corrected chi connectivity index (χ0v) is 14.8. The minimum Gasteiger partial charge on any atom is -0.358 e. The Hall–Kier alpha value is -2.47. The molecule has 1 saturated heterocycles. The van der Waals surface area contributed by atoms with Crippen LogP contribution in [-0.2, 0) is 0 Å². The molecule has 1 aromatic carbocycles. The quantitative estimate of drug-likeness (QED) is 0.733. The zero-order chi connectivity index (χ0) is 17.2. The van der Waals surface area contributed by atoms with E-state index in [0.29, 0.717) is 5.92 Å². The van der Waals surface area contributed by atoms with E-state index in [1.165, 1.54) is 19.4 Å². The largest absolute Gasteiger partial charge is 0.358 e. The predicted molar refractivity (Wildman–Crippen MR) is 99.7 cm³/mol. The van der Waals surface area contributed by atoms with Crippen molar-refractivity contribution in [3.05, 3.63) is 42.5 Å². The maximum Gasteiger partial charge on any atom is 0.185 e. The van der Waals surface area contributed by atoms with Gasteiger partial charge in [-0.05, 0) is 44.5 Å². The highest BCUT2D eigenvalue weighted by Crippen LogP contribution is 2.21. The molecule has 1 fully saturated rings. The standard InChI is InChI=1S/C19H24N6/c1-23-12-6-7-15(13-23)14-24(2)18-11-10-17-20-21-19(25(17)22-18)16-8-4-3-5-9-16/h3-5,8-11,15H,6-7,12-14H2,1-2H3. The van der Waals surface area contributed by atoms with E-state index in [1.807, 2.05) is 47.0 Å². The number of piperidine rings is 1. The smallest absolute Gasteiger partial charge is 0.185 e. The summed E-state index contributed by atoms with van der Waals surface area (Å²) in [5.74, 6) is 2.43. The van der Waals surface area contributed by atoms with Crippen molar-refractivity contribution in [3.63, 3.8) is 0 Å². The number of likely N-dealkylation sites (tertiary alicyclic amines) is 1. The molecule has 1 atom stereocenters. The molecule has 1 unspecified atom stereocenters. The predicted octanol–water partition coefficient (Wildman–Crippen LogP) is 2.57. The van der Waals surface area contributed by atoms with Crippen molar-refractivity contribution in [3.8, 4) is 11.4 Å². The first-order valence-corrected chi connectivity index (χ1v) is 8.88.